The van der Waals surface area contributed by atoms with Gasteiger partial charge in [-0.25, -0.2) is 0 Å². The number of aromatic nitrogens is 2. The molecule has 1 fully saturated rings. The second-order valence-electron chi connectivity index (χ2n) is 8.52. The first-order valence-electron chi connectivity index (χ1n) is 10.2. The number of amides is 1. The first kappa shape index (κ1) is 20.3. The van der Waals surface area contributed by atoms with Gasteiger partial charge in [-0.2, -0.15) is 0 Å². The van der Waals surface area contributed by atoms with Gasteiger partial charge in [0.05, 0.1) is 35.3 Å². The zero-order chi connectivity index (χ0) is 21.8. The van der Waals surface area contributed by atoms with Gasteiger partial charge in [-0.3, -0.25) is 19.4 Å². The number of carbonyl (C=O) groups excluding carboxylic acids is 1. The van der Waals surface area contributed by atoms with Gasteiger partial charge in [0.15, 0.2) is 11.5 Å². The van der Waals surface area contributed by atoms with E-state index in [9.17, 15) is 9.59 Å². The quantitative estimate of drug-likeness (QED) is 0.746. The Hall–Kier alpha value is -2.59. The summed E-state index contributed by atoms with van der Waals surface area (Å²) in [4.78, 5) is 25.7. The minimum atomic E-state index is -0.366. The summed E-state index contributed by atoms with van der Waals surface area (Å²) in [5.41, 5.74) is 0.834. The molecule has 31 heavy (non-hydrogen) atoms. The molecule has 1 saturated heterocycles. The SMILES string of the molecule is COc1cc(C2SCC(=O)Nc3c2c(=O)[nH]n3C2CCOC(C)(C)C2)cc2c1OCO2. The maximum absolute atomic E-state index is 13.2. The highest BCUT2D eigenvalue weighted by atomic mass is 32.2. The van der Waals surface area contributed by atoms with E-state index >= 15 is 0 Å². The molecule has 166 valence electrons. The molecule has 2 N–H and O–H groups in total. The zero-order valence-corrected chi connectivity index (χ0v) is 18.5. The molecule has 2 aromatic rings. The van der Waals surface area contributed by atoms with E-state index in [1.54, 1.807) is 7.11 Å². The lowest BCUT2D eigenvalue weighted by molar-refractivity contribution is -0.113. The van der Waals surface area contributed by atoms with Crippen molar-refractivity contribution in [1.29, 1.82) is 0 Å². The van der Waals surface area contributed by atoms with Crippen LogP contribution in [0.25, 0.3) is 0 Å². The molecule has 5 rings (SSSR count). The van der Waals surface area contributed by atoms with Gasteiger partial charge >= 0.3 is 0 Å². The topological polar surface area (TPSA) is 104 Å². The molecule has 2 atom stereocenters. The molecule has 0 spiro atoms. The lowest BCUT2D eigenvalue weighted by Gasteiger charge is -2.36. The number of methoxy groups -OCH3 is 1. The first-order chi connectivity index (χ1) is 14.9. The second-order valence-corrected chi connectivity index (χ2v) is 9.62. The number of benzene rings is 1. The summed E-state index contributed by atoms with van der Waals surface area (Å²) in [6.45, 7) is 4.79. The molecule has 4 heterocycles. The number of hydrogen-bond donors (Lipinski definition) is 2. The largest absolute Gasteiger partial charge is 0.493 e. The van der Waals surface area contributed by atoms with Crippen molar-refractivity contribution in [3.8, 4) is 17.2 Å². The number of aromatic amines is 1. The standard InChI is InChI=1S/C21H25N3O6S/c1-21(2)8-12(4-5-30-21)24-19-16(20(26)23-24)18(31-9-15(25)22-19)11-6-13(27-3)17-14(7-11)28-10-29-17/h6-7,12,18H,4-5,8-10H2,1-3H3,(H,22,25)(H,23,26). The fraction of sp³-hybridized carbons (Fsp3) is 0.524. The molecular formula is C21H25N3O6S. The van der Waals surface area contributed by atoms with Crippen molar-refractivity contribution < 1.29 is 23.7 Å². The first-order valence-corrected chi connectivity index (χ1v) is 11.3. The average Bonchev–Trinajstić information content (AvgIpc) is 3.27. The van der Waals surface area contributed by atoms with Gasteiger partial charge in [0.2, 0.25) is 18.4 Å². The van der Waals surface area contributed by atoms with Gasteiger partial charge in [-0.05, 0) is 44.4 Å². The van der Waals surface area contributed by atoms with Crippen molar-refractivity contribution in [3.05, 3.63) is 33.6 Å². The molecule has 3 aliphatic rings. The summed E-state index contributed by atoms with van der Waals surface area (Å²) in [5, 5.41) is 5.58. The van der Waals surface area contributed by atoms with Crippen LogP contribution in [-0.4, -0.2) is 47.6 Å². The molecule has 1 amide bonds. The van der Waals surface area contributed by atoms with E-state index in [-0.39, 0.29) is 40.9 Å². The number of H-pyrrole nitrogens is 1. The summed E-state index contributed by atoms with van der Waals surface area (Å²) >= 11 is 1.40. The molecule has 9 nitrogen and oxygen atoms in total. The van der Waals surface area contributed by atoms with E-state index in [4.69, 9.17) is 18.9 Å². The van der Waals surface area contributed by atoms with Crippen LogP contribution < -0.4 is 25.1 Å². The van der Waals surface area contributed by atoms with Crippen molar-refractivity contribution in [2.24, 2.45) is 0 Å². The molecular weight excluding hydrogens is 422 g/mol. The van der Waals surface area contributed by atoms with Gasteiger partial charge < -0.3 is 24.3 Å². The van der Waals surface area contributed by atoms with E-state index in [2.05, 4.69) is 10.4 Å². The number of fused-ring (bicyclic) bond motifs is 2. The van der Waals surface area contributed by atoms with Crippen LogP contribution in [0.15, 0.2) is 16.9 Å². The predicted molar refractivity (Wildman–Crippen MR) is 115 cm³/mol. The van der Waals surface area contributed by atoms with Crippen molar-refractivity contribution in [2.75, 3.05) is 31.6 Å². The van der Waals surface area contributed by atoms with Crippen LogP contribution >= 0.6 is 11.8 Å². The van der Waals surface area contributed by atoms with E-state index < -0.39 is 0 Å². The Balaban J connectivity index is 1.61. The molecule has 0 bridgehead atoms. The van der Waals surface area contributed by atoms with E-state index in [0.717, 1.165) is 18.4 Å². The van der Waals surface area contributed by atoms with Crippen LogP contribution in [0, 0.1) is 0 Å². The fourth-order valence-electron chi connectivity index (χ4n) is 4.50. The number of rotatable bonds is 3. The van der Waals surface area contributed by atoms with Gasteiger partial charge in [-0.1, -0.05) is 0 Å². The number of carbonyl (C=O) groups is 1. The van der Waals surface area contributed by atoms with Crippen LogP contribution in [0.5, 0.6) is 17.2 Å². The Morgan fingerprint density at radius 3 is 2.87 bits per heavy atom. The number of nitrogens with one attached hydrogen (secondary N) is 2. The third-order valence-electron chi connectivity index (χ3n) is 5.88. The summed E-state index contributed by atoms with van der Waals surface area (Å²) in [6, 6.07) is 3.73. The summed E-state index contributed by atoms with van der Waals surface area (Å²) in [7, 11) is 1.56. The van der Waals surface area contributed by atoms with Gasteiger partial charge in [-0.15, -0.1) is 11.8 Å². The maximum atomic E-state index is 13.2. The van der Waals surface area contributed by atoms with Crippen LogP contribution in [0.4, 0.5) is 5.82 Å². The fourth-order valence-corrected chi connectivity index (χ4v) is 5.61. The summed E-state index contributed by atoms with van der Waals surface area (Å²) in [5.74, 6) is 2.29. The Labute approximate surface area is 183 Å². The third kappa shape index (κ3) is 3.57. The van der Waals surface area contributed by atoms with Crippen LogP contribution in [0.2, 0.25) is 0 Å². The molecule has 0 radical (unpaired) electrons. The predicted octanol–water partition coefficient (Wildman–Crippen LogP) is 2.82. The smallest absolute Gasteiger partial charge is 0.270 e. The van der Waals surface area contributed by atoms with Gasteiger partial charge in [0.1, 0.15) is 5.82 Å². The van der Waals surface area contributed by atoms with Gasteiger partial charge in [0, 0.05) is 6.61 Å². The van der Waals surface area contributed by atoms with Crippen molar-refractivity contribution >= 4 is 23.5 Å². The molecule has 0 saturated carbocycles. The molecule has 2 unspecified atom stereocenters. The Bertz CT molecular complexity index is 1090. The molecule has 10 heteroatoms. The minimum Gasteiger partial charge on any atom is -0.493 e. The molecule has 3 aliphatic heterocycles. The molecule has 1 aromatic heterocycles. The number of hydrogen-bond acceptors (Lipinski definition) is 7. The number of nitrogens with zero attached hydrogens (tertiary/aromatic N) is 1. The highest BCUT2D eigenvalue weighted by Gasteiger charge is 2.36. The Kier molecular flexibility index (Phi) is 4.93. The summed E-state index contributed by atoms with van der Waals surface area (Å²) in [6.07, 6.45) is 1.49. The van der Waals surface area contributed by atoms with E-state index in [1.165, 1.54) is 11.8 Å². The van der Waals surface area contributed by atoms with Crippen molar-refractivity contribution in [1.82, 2.24) is 9.78 Å². The van der Waals surface area contributed by atoms with Gasteiger partial charge in [0.25, 0.3) is 5.56 Å². The normalized spacial score (nSPS) is 24.3. The van der Waals surface area contributed by atoms with E-state index in [1.807, 2.05) is 30.7 Å². The number of ether oxygens (including phenoxy) is 4. The van der Waals surface area contributed by atoms with Crippen LogP contribution in [0.3, 0.4) is 0 Å². The summed E-state index contributed by atoms with van der Waals surface area (Å²) < 4.78 is 24.2. The van der Waals surface area contributed by atoms with Crippen LogP contribution in [-0.2, 0) is 9.53 Å². The lowest BCUT2D eigenvalue weighted by Crippen LogP contribution is -2.36. The minimum absolute atomic E-state index is 0.0236. The van der Waals surface area contributed by atoms with Crippen molar-refractivity contribution in [2.45, 2.75) is 43.6 Å². The van der Waals surface area contributed by atoms with Crippen LogP contribution in [0.1, 0.15) is 49.1 Å². The third-order valence-corrected chi connectivity index (χ3v) is 7.15. The average molecular weight is 448 g/mol. The highest BCUT2D eigenvalue weighted by molar-refractivity contribution is 8.00. The van der Waals surface area contributed by atoms with E-state index in [0.29, 0.717) is 35.2 Å². The molecule has 1 aromatic carbocycles. The molecule has 0 aliphatic carbocycles. The maximum Gasteiger partial charge on any atom is 0.270 e. The lowest BCUT2D eigenvalue weighted by atomic mass is 9.94. The highest BCUT2D eigenvalue weighted by Crippen LogP contribution is 2.48. The number of thioether (sulfide) groups is 1. The number of anilines is 1. The Morgan fingerprint density at radius 1 is 1.26 bits per heavy atom. The van der Waals surface area contributed by atoms with Crippen molar-refractivity contribution in [3.63, 3.8) is 0 Å². The zero-order valence-electron chi connectivity index (χ0n) is 17.6. The monoisotopic (exact) mass is 447 g/mol. The Morgan fingerprint density at radius 2 is 2.10 bits per heavy atom. The second kappa shape index (κ2) is 7.52.